The molecular formula is C43H30N2S+2. The SMILES string of the molecule is Cc1cc[n+]2c(c1)-c1cc3c(cc1C14C(=C21)[n+]1ccccc1-c1cc(-c2cccs2)ccc14)-c1ccc2ccccc2c1C3(C)C. The van der Waals surface area contributed by atoms with E-state index in [1.54, 1.807) is 11.3 Å². The lowest BCUT2D eigenvalue weighted by Crippen LogP contribution is -2.43. The maximum absolute atomic E-state index is 2.58. The van der Waals surface area contributed by atoms with Crippen molar-refractivity contribution >= 4 is 33.5 Å². The lowest BCUT2D eigenvalue weighted by Gasteiger charge is -2.29. The quantitative estimate of drug-likeness (QED) is 0.165. The fourth-order valence-electron chi connectivity index (χ4n) is 9.21. The van der Waals surface area contributed by atoms with E-state index in [1.807, 2.05) is 0 Å². The summed E-state index contributed by atoms with van der Waals surface area (Å²) in [5, 5.41) is 4.85. The van der Waals surface area contributed by atoms with Crippen LogP contribution in [0.3, 0.4) is 0 Å². The van der Waals surface area contributed by atoms with E-state index in [4.69, 9.17) is 0 Å². The van der Waals surface area contributed by atoms with Gasteiger partial charge in [0.2, 0.25) is 16.8 Å². The average molecular weight is 607 g/mol. The molecule has 4 aromatic carbocycles. The van der Waals surface area contributed by atoms with Crippen LogP contribution in [-0.4, -0.2) is 0 Å². The molecular weight excluding hydrogens is 577 g/mol. The number of rotatable bonds is 1. The number of fused-ring (bicyclic) bond motifs is 13. The van der Waals surface area contributed by atoms with Crippen molar-refractivity contribution in [1.29, 1.82) is 0 Å². The highest BCUT2D eigenvalue weighted by molar-refractivity contribution is 7.13. The number of aromatic nitrogens is 2. The molecule has 1 spiro atoms. The molecule has 216 valence electrons. The zero-order valence-corrected chi connectivity index (χ0v) is 26.7. The lowest BCUT2D eigenvalue weighted by molar-refractivity contribution is -0.581. The van der Waals surface area contributed by atoms with Crippen molar-refractivity contribution < 1.29 is 9.13 Å². The van der Waals surface area contributed by atoms with Gasteiger partial charge in [-0.1, -0.05) is 68.4 Å². The highest BCUT2D eigenvalue weighted by Crippen LogP contribution is 2.68. The molecule has 2 aliphatic carbocycles. The van der Waals surface area contributed by atoms with Crippen molar-refractivity contribution in [2.45, 2.75) is 31.6 Å². The summed E-state index contributed by atoms with van der Waals surface area (Å²) < 4.78 is 4.97. The van der Waals surface area contributed by atoms with Crippen molar-refractivity contribution in [2.24, 2.45) is 0 Å². The minimum atomic E-state index is -0.316. The van der Waals surface area contributed by atoms with Crippen molar-refractivity contribution in [3.63, 3.8) is 0 Å². The Bertz CT molecular complexity index is 2570. The predicted octanol–water partition coefficient (Wildman–Crippen LogP) is 9.54. The van der Waals surface area contributed by atoms with Crippen LogP contribution in [0.25, 0.3) is 66.2 Å². The zero-order valence-electron chi connectivity index (χ0n) is 25.9. The van der Waals surface area contributed by atoms with Gasteiger partial charge in [0.25, 0.3) is 11.4 Å². The van der Waals surface area contributed by atoms with Crippen LogP contribution < -0.4 is 9.13 Å². The van der Waals surface area contributed by atoms with Gasteiger partial charge in [0.15, 0.2) is 12.4 Å². The number of pyridine rings is 2. The van der Waals surface area contributed by atoms with Crippen molar-refractivity contribution in [2.75, 3.05) is 0 Å². The molecule has 1 unspecified atom stereocenters. The molecule has 0 radical (unpaired) electrons. The molecule has 11 rings (SSSR count). The third-order valence-corrected chi connectivity index (χ3v) is 12.1. The fourth-order valence-corrected chi connectivity index (χ4v) is 9.93. The Morgan fingerprint density at radius 2 is 1.39 bits per heavy atom. The second-order valence-electron chi connectivity index (χ2n) is 13.9. The molecule has 3 aromatic heterocycles. The summed E-state index contributed by atoms with van der Waals surface area (Å²) in [6.45, 7) is 7.05. The Balaban J connectivity index is 1.26. The van der Waals surface area contributed by atoms with E-state index in [2.05, 4.69) is 157 Å². The normalized spacial score (nSPS) is 18.5. The largest absolute Gasteiger partial charge is 0.283 e. The minimum absolute atomic E-state index is 0.117. The van der Waals surface area contributed by atoms with Crippen molar-refractivity contribution in [1.82, 2.24) is 0 Å². The molecule has 2 nitrogen and oxygen atoms in total. The van der Waals surface area contributed by atoms with Crippen LogP contribution in [-0.2, 0) is 10.8 Å². The maximum atomic E-state index is 2.58. The van der Waals surface area contributed by atoms with Gasteiger partial charge in [-0.2, -0.15) is 9.13 Å². The molecule has 0 N–H and O–H groups in total. The number of aryl methyl sites for hydroxylation is 1. The molecule has 2 aliphatic heterocycles. The molecule has 46 heavy (non-hydrogen) atoms. The highest BCUT2D eigenvalue weighted by Gasteiger charge is 2.77. The molecule has 0 saturated heterocycles. The number of allylic oxidation sites excluding steroid dienone is 2. The Morgan fingerprint density at radius 3 is 2.26 bits per heavy atom. The molecule has 3 heteroatoms. The topological polar surface area (TPSA) is 7.76 Å². The van der Waals surface area contributed by atoms with Gasteiger partial charge in [-0.05, 0) is 97.9 Å². The number of nitrogens with zero attached hydrogens (tertiary/aromatic N) is 2. The van der Waals surface area contributed by atoms with Gasteiger partial charge in [0.1, 0.15) is 0 Å². The Morgan fingerprint density at radius 1 is 0.587 bits per heavy atom. The van der Waals surface area contributed by atoms with E-state index in [-0.39, 0.29) is 10.8 Å². The summed E-state index contributed by atoms with van der Waals surface area (Å²) in [5.41, 5.74) is 18.5. The number of thiophene rings is 1. The molecule has 0 bridgehead atoms. The van der Waals surface area contributed by atoms with Gasteiger partial charge in [0.05, 0.1) is 11.1 Å². The molecule has 4 aliphatic rings. The second kappa shape index (κ2) is 8.17. The van der Waals surface area contributed by atoms with E-state index in [0.717, 1.165) is 0 Å². The fraction of sp³-hybridized carbons (Fsp3) is 0.116. The van der Waals surface area contributed by atoms with E-state index in [0.29, 0.717) is 0 Å². The van der Waals surface area contributed by atoms with Gasteiger partial charge in [0, 0.05) is 34.6 Å². The molecule has 0 saturated carbocycles. The smallest absolute Gasteiger partial charge is 0.156 e. The number of hydrogen-bond acceptors (Lipinski definition) is 1. The zero-order chi connectivity index (χ0) is 30.5. The van der Waals surface area contributed by atoms with E-state index in [9.17, 15) is 0 Å². The van der Waals surface area contributed by atoms with Gasteiger partial charge < -0.3 is 0 Å². The van der Waals surface area contributed by atoms with Crippen LogP contribution in [0, 0.1) is 6.92 Å². The Hall–Kier alpha value is -5.12. The standard InChI is InChI=1S/C43H30N2S/c1-25-17-19-45-37(21-25)32-24-34-30(29-15-13-26-9-4-5-10-28(26)39(29)42(34,2)3)23-35(32)43-33-16-14-27(38-12-8-20-46-38)22-31(33)36-11-6-7-18-44(36)40(43)41(43)45/h4-24H,1-3H3/q+2. The van der Waals surface area contributed by atoms with Crippen LogP contribution in [0.2, 0.25) is 0 Å². The van der Waals surface area contributed by atoms with Crippen LogP contribution in [0.5, 0.6) is 0 Å². The number of hydrogen-bond donors (Lipinski definition) is 0. The Kier molecular flexibility index (Phi) is 4.46. The van der Waals surface area contributed by atoms with Crippen LogP contribution in [0.4, 0.5) is 0 Å². The number of benzene rings is 4. The lowest BCUT2D eigenvalue weighted by atomic mass is 9.72. The summed E-state index contributed by atoms with van der Waals surface area (Å²) in [6.07, 6.45) is 4.57. The summed E-state index contributed by atoms with van der Waals surface area (Å²) >= 11 is 1.81. The summed E-state index contributed by atoms with van der Waals surface area (Å²) in [6, 6.07) is 41.6. The maximum Gasteiger partial charge on any atom is 0.283 e. The van der Waals surface area contributed by atoms with E-state index >= 15 is 0 Å². The summed E-state index contributed by atoms with van der Waals surface area (Å²) in [4.78, 5) is 1.31. The van der Waals surface area contributed by atoms with Crippen LogP contribution in [0.15, 0.2) is 127 Å². The first-order chi connectivity index (χ1) is 22.5. The molecule has 7 aromatic rings. The van der Waals surface area contributed by atoms with Gasteiger partial charge in [-0.3, -0.25) is 0 Å². The third kappa shape index (κ3) is 2.81. The average Bonchev–Trinajstić information content (AvgIpc) is 3.38. The van der Waals surface area contributed by atoms with Gasteiger partial charge >= 0.3 is 0 Å². The molecule has 1 atom stereocenters. The second-order valence-corrected chi connectivity index (χ2v) is 14.8. The van der Waals surface area contributed by atoms with Crippen molar-refractivity contribution in [3.05, 3.63) is 155 Å². The predicted molar refractivity (Wildman–Crippen MR) is 187 cm³/mol. The summed E-state index contributed by atoms with van der Waals surface area (Å²) in [5.74, 6) is 0. The first-order valence-corrected chi connectivity index (χ1v) is 17.1. The first-order valence-electron chi connectivity index (χ1n) is 16.2. The minimum Gasteiger partial charge on any atom is -0.156 e. The van der Waals surface area contributed by atoms with E-state index < -0.39 is 0 Å². The Labute approximate surface area is 272 Å². The van der Waals surface area contributed by atoms with E-state index in [1.165, 1.54) is 94.1 Å². The monoisotopic (exact) mass is 606 g/mol. The van der Waals surface area contributed by atoms with Gasteiger partial charge in [-0.25, -0.2) is 0 Å². The molecule has 0 amide bonds. The first kappa shape index (κ1) is 25.1. The highest BCUT2D eigenvalue weighted by atomic mass is 32.1. The van der Waals surface area contributed by atoms with Gasteiger partial charge in [-0.15, -0.1) is 11.3 Å². The van der Waals surface area contributed by atoms with Crippen LogP contribution in [0.1, 0.15) is 41.7 Å². The van der Waals surface area contributed by atoms with Crippen LogP contribution >= 0.6 is 11.3 Å². The van der Waals surface area contributed by atoms with Crippen molar-refractivity contribution in [3.8, 4) is 44.1 Å². The summed E-state index contributed by atoms with van der Waals surface area (Å²) in [7, 11) is 0. The molecule has 5 heterocycles. The molecule has 0 fully saturated rings. The third-order valence-electron chi connectivity index (χ3n) is 11.2.